The van der Waals surface area contributed by atoms with Crippen molar-refractivity contribution < 1.29 is 0 Å². The molecule has 11 aromatic carbocycles. The molecule has 82 heavy (non-hydrogen) atoms. The number of fused-ring (bicyclic) bond motifs is 5. The highest BCUT2D eigenvalue weighted by atomic mass is 15.2. The molecule has 0 amide bonds. The molecule has 0 bridgehead atoms. The third-order valence-electron chi connectivity index (χ3n) is 19.3. The molecule has 5 aliphatic rings. The summed E-state index contributed by atoms with van der Waals surface area (Å²) < 4.78 is 0. The van der Waals surface area contributed by atoms with Gasteiger partial charge in [-0.25, -0.2) is 0 Å². The largest absolute Gasteiger partial charge is 0.314 e. The lowest BCUT2D eigenvalue weighted by Gasteiger charge is -2.41. The Balaban J connectivity index is 0.885. The summed E-state index contributed by atoms with van der Waals surface area (Å²) >= 11 is 0. The van der Waals surface area contributed by atoms with Gasteiger partial charge in [0.25, 0.3) is 0 Å². The minimum atomic E-state index is -0.510. The third-order valence-corrected chi connectivity index (χ3v) is 19.3. The summed E-state index contributed by atoms with van der Waals surface area (Å²) in [4.78, 5) is 5.30. The van der Waals surface area contributed by atoms with Gasteiger partial charge in [0.2, 0.25) is 0 Å². The minimum absolute atomic E-state index is 0.196. The molecule has 2 nitrogen and oxygen atoms in total. The van der Waals surface area contributed by atoms with Crippen LogP contribution in [0.4, 0.5) is 28.4 Å². The summed E-state index contributed by atoms with van der Waals surface area (Å²) in [6, 6.07) is 103. The van der Waals surface area contributed by atoms with Gasteiger partial charge in [0.15, 0.2) is 0 Å². The Morgan fingerprint density at radius 1 is 0.366 bits per heavy atom. The molecule has 0 saturated heterocycles. The first-order valence-electron chi connectivity index (χ1n) is 29.6. The van der Waals surface area contributed by atoms with E-state index in [1.165, 1.54) is 125 Å². The van der Waals surface area contributed by atoms with E-state index in [0.29, 0.717) is 11.8 Å². The minimum Gasteiger partial charge on any atom is -0.314 e. The zero-order chi connectivity index (χ0) is 54.2. The predicted molar refractivity (Wildman–Crippen MR) is 341 cm³/mol. The van der Waals surface area contributed by atoms with Gasteiger partial charge in [-0.2, -0.15) is 0 Å². The van der Waals surface area contributed by atoms with Gasteiger partial charge in [0.05, 0.1) is 16.8 Å². The van der Waals surface area contributed by atoms with Crippen LogP contribution in [-0.4, -0.2) is 0 Å². The van der Waals surface area contributed by atoms with Crippen LogP contribution in [0.25, 0.3) is 44.5 Å². The van der Waals surface area contributed by atoms with Crippen LogP contribution < -0.4 is 9.80 Å². The summed E-state index contributed by atoms with van der Waals surface area (Å²) in [6.45, 7) is 0. The fourth-order valence-electron chi connectivity index (χ4n) is 16.2. The van der Waals surface area contributed by atoms with Crippen molar-refractivity contribution in [3.63, 3.8) is 0 Å². The van der Waals surface area contributed by atoms with E-state index in [0.717, 1.165) is 31.4 Å². The molecular weight excluding hydrogens is 989 g/mol. The van der Waals surface area contributed by atoms with Crippen molar-refractivity contribution >= 4 is 28.4 Å². The van der Waals surface area contributed by atoms with E-state index in [1.54, 1.807) is 5.56 Å². The maximum absolute atomic E-state index is 2.71. The Morgan fingerprint density at radius 2 is 0.854 bits per heavy atom. The highest BCUT2D eigenvalue weighted by Crippen LogP contribution is 2.69. The summed E-state index contributed by atoms with van der Waals surface area (Å²) in [6.07, 6.45) is 13.6. The van der Waals surface area contributed by atoms with Crippen LogP contribution in [0.15, 0.2) is 297 Å². The van der Waals surface area contributed by atoms with E-state index in [-0.39, 0.29) is 5.41 Å². The van der Waals surface area contributed by atoms with E-state index < -0.39 is 5.41 Å². The van der Waals surface area contributed by atoms with Gasteiger partial charge in [-0.3, -0.25) is 0 Å². The van der Waals surface area contributed by atoms with Crippen molar-refractivity contribution in [2.45, 2.75) is 49.4 Å². The molecule has 1 fully saturated rings. The van der Waals surface area contributed by atoms with Gasteiger partial charge in [-0.1, -0.05) is 237 Å². The van der Waals surface area contributed by atoms with Crippen molar-refractivity contribution in [3.05, 3.63) is 341 Å². The molecule has 1 saturated carbocycles. The number of hydrogen-bond donors (Lipinski definition) is 0. The van der Waals surface area contributed by atoms with E-state index in [2.05, 4.69) is 301 Å². The molecule has 11 aromatic rings. The summed E-state index contributed by atoms with van der Waals surface area (Å²) in [5.41, 5.74) is 28.0. The lowest BCUT2D eigenvalue weighted by atomic mass is 9.67. The Kier molecular flexibility index (Phi) is 11.6. The average Bonchev–Trinajstić information content (AvgIpc) is 2.39. The SMILES string of the molecule is C1=CCCC(N(c2ccc3c(c2)C(c2ccccc2)(c2ccccc2)c2ccccc2-3)c2cccc3c2C24c5c(cccc5N(c5ccccc5)c5ccc(-c6c(-c7ccccc7)cccc6-c6ccccc6)cc5)CC2CCC4C3)=C1. The molecular formula is C80H62N2. The first kappa shape index (κ1) is 48.4. The maximum Gasteiger partial charge on any atom is 0.0714 e. The van der Waals surface area contributed by atoms with Crippen LogP contribution in [0.2, 0.25) is 0 Å². The number of anilines is 5. The first-order chi connectivity index (χ1) is 40.7. The van der Waals surface area contributed by atoms with Crippen LogP contribution in [-0.2, 0) is 23.7 Å². The maximum atomic E-state index is 2.71. The van der Waals surface area contributed by atoms with Gasteiger partial charge in [-0.15, -0.1) is 0 Å². The highest BCUT2D eigenvalue weighted by molar-refractivity contribution is 5.96. The second kappa shape index (κ2) is 19.6. The summed E-state index contributed by atoms with van der Waals surface area (Å²) in [7, 11) is 0. The Hall–Kier alpha value is -9.50. The van der Waals surface area contributed by atoms with E-state index >= 15 is 0 Å². The second-order valence-corrected chi connectivity index (χ2v) is 23.3. The predicted octanol–water partition coefficient (Wildman–Crippen LogP) is 20.3. The number of nitrogens with zero attached hydrogens (tertiary/aromatic N) is 2. The Bertz CT molecular complexity index is 4170. The molecule has 3 atom stereocenters. The monoisotopic (exact) mass is 1050 g/mol. The van der Waals surface area contributed by atoms with Gasteiger partial charge >= 0.3 is 0 Å². The molecule has 392 valence electrons. The number of allylic oxidation sites excluding steroid dienone is 4. The Morgan fingerprint density at radius 3 is 1.44 bits per heavy atom. The molecule has 0 radical (unpaired) electrons. The van der Waals surface area contributed by atoms with E-state index in [4.69, 9.17) is 0 Å². The third kappa shape index (κ3) is 7.33. The van der Waals surface area contributed by atoms with Crippen LogP contribution in [0.1, 0.15) is 70.2 Å². The summed E-state index contributed by atoms with van der Waals surface area (Å²) in [5.74, 6) is 0.949. The molecule has 5 aliphatic carbocycles. The topological polar surface area (TPSA) is 6.48 Å². The van der Waals surface area contributed by atoms with E-state index in [1.807, 2.05) is 0 Å². The van der Waals surface area contributed by atoms with E-state index in [9.17, 15) is 0 Å². The van der Waals surface area contributed by atoms with Crippen molar-refractivity contribution in [2.24, 2.45) is 11.8 Å². The highest BCUT2D eigenvalue weighted by Gasteiger charge is 2.62. The van der Waals surface area contributed by atoms with Crippen LogP contribution >= 0.6 is 0 Å². The first-order valence-corrected chi connectivity index (χ1v) is 29.6. The zero-order valence-electron chi connectivity index (χ0n) is 46.0. The molecule has 0 aliphatic heterocycles. The number of benzene rings is 11. The fraction of sp³-hybridized carbons (Fsp3) is 0.125. The normalized spacial score (nSPS) is 18.4. The lowest BCUT2D eigenvalue weighted by Crippen LogP contribution is -2.35. The molecule has 3 unspecified atom stereocenters. The summed E-state index contributed by atoms with van der Waals surface area (Å²) in [5, 5.41) is 0. The van der Waals surface area contributed by atoms with Crippen LogP contribution in [0, 0.1) is 11.8 Å². The van der Waals surface area contributed by atoms with Crippen molar-refractivity contribution in [1.82, 2.24) is 0 Å². The van der Waals surface area contributed by atoms with Crippen molar-refractivity contribution in [2.75, 3.05) is 9.80 Å². The molecule has 0 N–H and O–H groups in total. The number of rotatable bonds is 11. The fourth-order valence-corrected chi connectivity index (χ4v) is 16.2. The molecule has 0 heterocycles. The average molecular weight is 1050 g/mol. The number of hydrogen-bond acceptors (Lipinski definition) is 2. The molecule has 0 aromatic heterocycles. The van der Waals surface area contributed by atoms with Gasteiger partial charge < -0.3 is 9.80 Å². The van der Waals surface area contributed by atoms with Gasteiger partial charge in [-0.05, 0) is 194 Å². The van der Waals surface area contributed by atoms with Crippen LogP contribution in [0.3, 0.4) is 0 Å². The smallest absolute Gasteiger partial charge is 0.0714 e. The van der Waals surface area contributed by atoms with Crippen LogP contribution in [0.5, 0.6) is 0 Å². The second-order valence-electron chi connectivity index (χ2n) is 23.3. The molecule has 1 spiro atoms. The van der Waals surface area contributed by atoms with Crippen molar-refractivity contribution in [3.8, 4) is 44.5 Å². The van der Waals surface area contributed by atoms with Gasteiger partial charge in [0.1, 0.15) is 0 Å². The van der Waals surface area contributed by atoms with Gasteiger partial charge in [0, 0.05) is 28.2 Å². The van der Waals surface area contributed by atoms with Crippen molar-refractivity contribution in [1.29, 1.82) is 0 Å². The standard InChI is InChI=1S/C80H62N2/c1-7-24-55(25-8-1)68-39-23-40-69(56-26-9-2-10-27-56)76(68)57-44-48-66(49-45-57)81(64-34-15-5-16-35-64)74-42-21-28-58-52-62-46-47-63-53-59-29-22-43-75(78(59)80(62,63)77(58)74)82(65-36-17-6-18-37-65)67-50-51-71-70-38-19-20-41-72(70)79(73(71)54-67,60-30-11-3-12-31-60)61-32-13-4-14-33-61/h1-17,19-36,38-45,48-51,54,62-63H,18,37,46-47,52-53H2. The lowest BCUT2D eigenvalue weighted by molar-refractivity contribution is 0.350. The zero-order valence-corrected chi connectivity index (χ0v) is 46.0. The molecule has 2 heteroatoms. The Labute approximate surface area is 482 Å². The number of para-hydroxylation sites is 1. The quantitative estimate of drug-likeness (QED) is 0.127. The molecule has 16 rings (SSSR count).